The molecule has 1 aliphatic rings. The minimum absolute atomic E-state index is 0.0608. The summed E-state index contributed by atoms with van der Waals surface area (Å²) in [5, 5.41) is 13.3. The average Bonchev–Trinajstić information content (AvgIpc) is 3.30. The van der Waals surface area contributed by atoms with Crippen molar-refractivity contribution in [1.29, 1.82) is 0 Å². The van der Waals surface area contributed by atoms with Gasteiger partial charge in [-0.2, -0.15) is 0 Å². The number of benzene rings is 3. The number of hydrogen-bond acceptors (Lipinski definition) is 7. The Morgan fingerprint density at radius 2 is 1.88 bits per heavy atom. The lowest BCUT2D eigenvalue weighted by molar-refractivity contribution is -0.129. The van der Waals surface area contributed by atoms with Crippen molar-refractivity contribution < 1.29 is 19.4 Å². The van der Waals surface area contributed by atoms with Gasteiger partial charge in [-0.3, -0.25) is 10.2 Å². The second-order valence-electron chi connectivity index (χ2n) is 9.32. The summed E-state index contributed by atoms with van der Waals surface area (Å²) < 4.78 is 11.8. The summed E-state index contributed by atoms with van der Waals surface area (Å²) in [6.45, 7) is 2.83. The largest absolute Gasteiger partial charge is 0.494 e. The third kappa shape index (κ3) is 7.11. The summed E-state index contributed by atoms with van der Waals surface area (Å²) in [5.41, 5.74) is 16.6. The average molecular weight is 563 g/mol. The minimum atomic E-state index is -1.30. The molecule has 3 N–H and O–H groups in total. The van der Waals surface area contributed by atoms with E-state index in [1.807, 2.05) is 55.5 Å². The molecule has 3 aromatic carbocycles. The van der Waals surface area contributed by atoms with Crippen molar-refractivity contribution in [2.75, 3.05) is 13.2 Å². The van der Waals surface area contributed by atoms with Gasteiger partial charge in [0.2, 0.25) is 5.90 Å². The lowest BCUT2D eigenvalue weighted by Crippen LogP contribution is -2.55. The third-order valence-corrected chi connectivity index (χ3v) is 6.87. The number of rotatable bonds is 13. The molecule has 0 radical (unpaired) electrons. The number of aliphatic hydroxyl groups excluding tert-OH is 1. The van der Waals surface area contributed by atoms with Crippen LogP contribution in [0.5, 0.6) is 5.75 Å². The van der Waals surface area contributed by atoms with Crippen molar-refractivity contribution in [2.24, 2.45) is 10.1 Å². The molecule has 0 spiro atoms. The molecule has 0 bridgehead atoms. The Labute approximate surface area is 237 Å². The first-order valence-electron chi connectivity index (χ1n) is 12.9. The molecule has 0 aliphatic carbocycles. The summed E-state index contributed by atoms with van der Waals surface area (Å²) in [4.78, 5) is 21.6. The zero-order valence-electron chi connectivity index (χ0n) is 22.1. The Kier molecular flexibility index (Phi) is 9.99. The molecule has 1 amide bonds. The van der Waals surface area contributed by atoms with Gasteiger partial charge in [0.05, 0.1) is 13.2 Å². The lowest BCUT2D eigenvalue weighted by atomic mass is 9.84. The van der Waals surface area contributed by atoms with E-state index in [-0.39, 0.29) is 25.5 Å². The summed E-state index contributed by atoms with van der Waals surface area (Å²) in [6.07, 6.45) is 0.166. The highest BCUT2D eigenvalue weighted by molar-refractivity contribution is 6.30. The maximum Gasteiger partial charge on any atom is 0.266 e. The molecule has 4 rings (SSSR count). The van der Waals surface area contributed by atoms with Crippen LogP contribution in [0, 0.1) is 0 Å². The zero-order valence-corrected chi connectivity index (χ0v) is 22.8. The number of carbonyl (C=O) groups excluding carboxylic acids is 1. The Balaban J connectivity index is 1.61. The SMILES string of the molecule is C[C@@H]1OC(c2ccc(OCCCO)cc2)=N[C@]1(Cc1ccccc1CN=[N+]=[N-])C(=O)NNCc1ccc(Cl)cc1. The maximum atomic E-state index is 13.8. The van der Waals surface area contributed by atoms with E-state index < -0.39 is 11.6 Å². The number of hydrogen-bond donors (Lipinski definition) is 3. The van der Waals surface area contributed by atoms with Crippen LogP contribution < -0.4 is 15.6 Å². The summed E-state index contributed by atoms with van der Waals surface area (Å²) in [7, 11) is 0. The highest BCUT2D eigenvalue weighted by atomic mass is 35.5. The fourth-order valence-corrected chi connectivity index (χ4v) is 4.49. The fourth-order valence-electron chi connectivity index (χ4n) is 4.36. The predicted molar refractivity (Wildman–Crippen MR) is 153 cm³/mol. The minimum Gasteiger partial charge on any atom is -0.494 e. The molecular formula is C29H31ClN6O4. The second-order valence-corrected chi connectivity index (χ2v) is 9.76. The Morgan fingerprint density at radius 3 is 2.58 bits per heavy atom. The molecule has 0 saturated carbocycles. The molecular weight excluding hydrogens is 532 g/mol. The molecule has 11 heteroatoms. The predicted octanol–water partition coefficient (Wildman–Crippen LogP) is 4.88. The number of carbonyl (C=O) groups is 1. The van der Waals surface area contributed by atoms with Crippen molar-refractivity contribution in [2.45, 2.75) is 44.5 Å². The monoisotopic (exact) mass is 562 g/mol. The van der Waals surface area contributed by atoms with Gasteiger partial charge in [0.1, 0.15) is 11.9 Å². The number of amides is 1. The number of aliphatic hydroxyl groups is 1. The first-order chi connectivity index (χ1) is 19.4. The smallest absolute Gasteiger partial charge is 0.266 e. The van der Waals surface area contributed by atoms with Crippen LogP contribution in [0.1, 0.15) is 35.6 Å². The maximum absolute atomic E-state index is 13.8. The van der Waals surface area contributed by atoms with Gasteiger partial charge < -0.3 is 14.6 Å². The fraction of sp³-hybridized carbons (Fsp3) is 0.310. The number of ether oxygens (including phenoxy) is 2. The van der Waals surface area contributed by atoms with Gasteiger partial charge >= 0.3 is 0 Å². The van der Waals surface area contributed by atoms with Gasteiger partial charge in [-0.15, -0.1) is 0 Å². The van der Waals surface area contributed by atoms with Crippen LogP contribution in [-0.2, 0) is 29.0 Å². The van der Waals surface area contributed by atoms with Crippen molar-refractivity contribution >= 4 is 23.4 Å². The van der Waals surface area contributed by atoms with Gasteiger partial charge in [-0.05, 0) is 65.5 Å². The summed E-state index contributed by atoms with van der Waals surface area (Å²) >= 11 is 5.98. The van der Waals surface area contributed by atoms with E-state index in [0.717, 1.165) is 16.7 Å². The summed E-state index contributed by atoms with van der Waals surface area (Å²) in [6, 6.07) is 22.1. The Bertz CT molecular complexity index is 1380. The topological polar surface area (TPSA) is 141 Å². The van der Waals surface area contributed by atoms with Crippen molar-refractivity contribution in [3.63, 3.8) is 0 Å². The van der Waals surface area contributed by atoms with E-state index in [1.165, 1.54) is 0 Å². The van der Waals surface area contributed by atoms with Crippen molar-refractivity contribution in [3.8, 4) is 5.75 Å². The molecule has 0 fully saturated rings. The highest BCUT2D eigenvalue weighted by Crippen LogP contribution is 2.33. The quantitative estimate of drug-likeness (QED) is 0.0895. The molecule has 1 aliphatic heterocycles. The second kappa shape index (κ2) is 13.8. The molecule has 1 heterocycles. The lowest BCUT2D eigenvalue weighted by Gasteiger charge is -2.29. The van der Waals surface area contributed by atoms with Crippen LogP contribution >= 0.6 is 11.6 Å². The van der Waals surface area contributed by atoms with Crippen LogP contribution in [0.25, 0.3) is 10.4 Å². The zero-order chi connectivity index (χ0) is 28.4. The third-order valence-electron chi connectivity index (χ3n) is 6.62. The normalized spacial score (nSPS) is 17.9. The molecule has 10 nitrogen and oxygen atoms in total. The van der Waals surface area contributed by atoms with E-state index in [9.17, 15) is 4.79 Å². The van der Waals surface area contributed by atoms with E-state index >= 15 is 0 Å². The van der Waals surface area contributed by atoms with E-state index in [1.54, 1.807) is 24.3 Å². The number of halogens is 1. The van der Waals surface area contributed by atoms with Crippen molar-refractivity contribution in [1.82, 2.24) is 10.9 Å². The van der Waals surface area contributed by atoms with Crippen LogP contribution in [0.15, 0.2) is 82.9 Å². The molecule has 0 saturated heterocycles. The number of azide groups is 1. The molecule has 2 atom stereocenters. The number of hydrazine groups is 1. The van der Waals surface area contributed by atoms with E-state index in [4.69, 9.17) is 36.7 Å². The Hall–Kier alpha value is -4.08. The van der Waals surface area contributed by atoms with Crippen LogP contribution in [0.4, 0.5) is 0 Å². The Morgan fingerprint density at radius 1 is 1.15 bits per heavy atom. The molecule has 40 heavy (non-hydrogen) atoms. The molecule has 0 unspecified atom stereocenters. The summed E-state index contributed by atoms with van der Waals surface area (Å²) in [5.74, 6) is 0.646. The first kappa shape index (κ1) is 28.9. The highest BCUT2D eigenvalue weighted by Gasteiger charge is 2.50. The standard InChI is InChI=1S/C29H31ClN6O4/c1-20-29(17-23-5-2-3-6-24(23)19-33-36-31,28(38)35-32-18-21-7-11-25(30)12-8-21)34-27(40-20)22-9-13-26(14-10-22)39-16-4-15-37/h2-3,5-14,20,32,37H,4,15-19H2,1H3,(H,35,38)/t20-,29-/m0/s1. The van der Waals surface area contributed by atoms with Crippen LogP contribution in [-0.4, -0.2) is 41.8 Å². The van der Waals surface area contributed by atoms with Gasteiger partial charge in [-0.25, -0.2) is 10.4 Å². The molecule has 208 valence electrons. The van der Waals surface area contributed by atoms with Crippen LogP contribution in [0.3, 0.4) is 0 Å². The van der Waals surface area contributed by atoms with Gasteiger partial charge in [0.25, 0.3) is 5.91 Å². The number of nitrogens with zero attached hydrogens (tertiary/aromatic N) is 4. The number of nitrogens with one attached hydrogen (secondary N) is 2. The van der Waals surface area contributed by atoms with Crippen molar-refractivity contribution in [3.05, 3.63) is 111 Å². The van der Waals surface area contributed by atoms with E-state index in [0.29, 0.717) is 41.8 Å². The molecule has 3 aromatic rings. The van der Waals surface area contributed by atoms with E-state index in [2.05, 4.69) is 20.9 Å². The first-order valence-corrected chi connectivity index (χ1v) is 13.3. The number of aliphatic imine (C=N–C) groups is 1. The van der Waals surface area contributed by atoms with Crippen LogP contribution in [0.2, 0.25) is 5.02 Å². The van der Waals surface area contributed by atoms with Gasteiger partial charge in [-0.1, -0.05) is 53.1 Å². The van der Waals surface area contributed by atoms with Gasteiger partial charge in [0, 0.05) is 41.5 Å². The van der Waals surface area contributed by atoms with Gasteiger partial charge in [0.15, 0.2) is 5.54 Å². The molecule has 0 aromatic heterocycles.